The minimum absolute atomic E-state index is 0.287. The van der Waals surface area contributed by atoms with E-state index in [9.17, 15) is 13.7 Å². The van der Waals surface area contributed by atoms with Gasteiger partial charge in [-0.15, -0.1) is 0 Å². The number of nitrogens with two attached hydrogens (primary N) is 1. The molecule has 10 heteroatoms. The maximum atomic E-state index is 12.5. The average molecular weight is 516 g/mol. The molecule has 0 spiro atoms. The molecule has 2 aromatic carbocycles. The van der Waals surface area contributed by atoms with Crippen molar-refractivity contribution in [1.82, 2.24) is 19.3 Å². The molecule has 0 aliphatic heterocycles. The molecule has 1 aliphatic carbocycles. The van der Waals surface area contributed by atoms with Crippen molar-refractivity contribution in [3.8, 4) is 17.3 Å². The minimum atomic E-state index is -3.88. The number of nitriles is 1. The largest absolute Gasteiger partial charge is 0.336 e. The highest BCUT2D eigenvalue weighted by molar-refractivity contribution is 7.90. The maximum Gasteiger partial charge on any atom is 0.315 e. The van der Waals surface area contributed by atoms with E-state index in [0.29, 0.717) is 23.7 Å². The van der Waals surface area contributed by atoms with Gasteiger partial charge in [-0.25, -0.2) is 15.8 Å². The first-order valence-corrected chi connectivity index (χ1v) is 13.7. The molecule has 37 heavy (non-hydrogen) atoms. The predicted octanol–water partition coefficient (Wildman–Crippen LogP) is 4.21. The summed E-state index contributed by atoms with van der Waals surface area (Å²) < 4.78 is 30.5. The zero-order valence-corrected chi connectivity index (χ0v) is 21.6. The van der Waals surface area contributed by atoms with E-state index in [4.69, 9.17) is 5.84 Å². The molecule has 0 bridgehead atoms. The lowest BCUT2D eigenvalue weighted by Crippen LogP contribution is -2.47. The number of hydrogen-bond acceptors (Lipinski definition) is 6. The van der Waals surface area contributed by atoms with Crippen LogP contribution in [-0.4, -0.2) is 29.0 Å². The summed E-state index contributed by atoms with van der Waals surface area (Å²) in [5.74, 6) is 6.67. The molecule has 3 N–H and O–H groups in total. The minimum Gasteiger partial charge on any atom is -0.336 e. The van der Waals surface area contributed by atoms with Gasteiger partial charge in [0.05, 0.1) is 22.5 Å². The van der Waals surface area contributed by atoms with Crippen molar-refractivity contribution in [2.45, 2.75) is 51.6 Å². The molecule has 0 amide bonds. The lowest BCUT2D eigenvalue weighted by Gasteiger charge is -2.30. The summed E-state index contributed by atoms with van der Waals surface area (Å²) in [6, 6.07) is 17.4. The molecule has 0 saturated heterocycles. The number of nitrogens with one attached hydrogen (secondary N) is 1. The van der Waals surface area contributed by atoms with Crippen LogP contribution < -0.4 is 15.0 Å². The molecule has 0 radical (unpaired) electrons. The number of fused-ring (bicyclic) bond motifs is 1. The average Bonchev–Trinajstić information content (AvgIpc) is 3.15. The van der Waals surface area contributed by atoms with Crippen LogP contribution in [0.2, 0.25) is 0 Å². The summed E-state index contributed by atoms with van der Waals surface area (Å²) >= 11 is 0. The quantitative estimate of drug-likeness (QED) is 0.267. The normalized spacial score (nSPS) is 14.0. The zero-order chi connectivity index (χ0) is 26.2. The van der Waals surface area contributed by atoms with Gasteiger partial charge >= 0.3 is 10.2 Å². The van der Waals surface area contributed by atoms with Crippen molar-refractivity contribution in [1.29, 1.82) is 5.26 Å². The Morgan fingerprint density at radius 1 is 1.16 bits per heavy atom. The lowest BCUT2D eigenvalue weighted by molar-refractivity contribution is 0.324. The van der Waals surface area contributed by atoms with Crippen molar-refractivity contribution < 1.29 is 8.42 Å². The van der Waals surface area contributed by atoms with Crippen molar-refractivity contribution >= 4 is 26.8 Å². The van der Waals surface area contributed by atoms with Gasteiger partial charge in [-0.3, -0.25) is 0 Å². The first-order valence-electron chi connectivity index (χ1n) is 12.3. The SMILES string of the molecule is CC(C)NS(=O)(=O)N(N)c1ccc(-c2c(C#N)c3ccc(Cc4ncccn4)cc3n2C2CCC2)cc1. The Morgan fingerprint density at radius 2 is 1.86 bits per heavy atom. The maximum absolute atomic E-state index is 12.5. The fourth-order valence-electron chi connectivity index (χ4n) is 4.75. The highest BCUT2D eigenvalue weighted by Gasteiger charge is 2.28. The Morgan fingerprint density at radius 3 is 2.46 bits per heavy atom. The van der Waals surface area contributed by atoms with E-state index in [2.05, 4.69) is 31.4 Å². The number of aromatic nitrogens is 3. The molecule has 1 fully saturated rings. The second-order valence-electron chi connectivity index (χ2n) is 9.60. The molecule has 2 aromatic heterocycles. The van der Waals surface area contributed by atoms with E-state index >= 15 is 0 Å². The molecule has 0 atom stereocenters. The second-order valence-corrected chi connectivity index (χ2v) is 11.2. The van der Waals surface area contributed by atoms with Crippen molar-refractivity contribution in [3.63, 3.8) is 0 Å². The number of rotatable bonds is 8. The van der Waals surface area contributed by atoms with Crippen LogP contribution in [0.15, 0.2) is 60.9 Å². The van der Waals surface area contributed by atoms with Crippen LogP contribution in [-0.2, 0) is 16.6 Å². The van der Waals surface area contributed by atoms with Crippen LogP contribution in [0.5, 0.6) is 0 Å². The fraction of sp³-hybridized carbons (Fsp3) is 0.296. The van der Waals surface area contributed by atoms with Crippen molar-refractivity contribution in [2.24, 2.45) is 5.84 Å². The molecule has 5 rings (SSSR count). The number of benzene rings is 2. The fourth-order valence-corrected chi connectivity index (χ4v) is 5.86. The third kappa shape index (κ3) is 4.81. The van der Waals surface area contributed by atoms with Crippen LogP contribution in [0.1, 0.15) is 56.1 Å². The van der Waals surface area contributed by atoms with Gasteiger partial charge in [0.25, 0.3) is 0 Å². The first kappa shape index (κ1) is 24.9. The summed E-state index contributed by atoms with van der Waals surface area (Å²) in [5, 5.41) is 11.1. The van der Waals surface area contributed by atoms with E-state index in [1.165, 1.54) is 0 Å². The molecule has 1 saturated carbocycles. The number of nitrogens with zero attached hydrogens (tertiary/aromatic N) is 5. The number of hydrazine groups is 1. The van der Waals surface area contributed by atoms with Gasteiger partial charge in [-0.05, 0) is 68.5 Å². The van der Waals surface area contributed by atoms with E-state index in [1.807, 2.05) is 24.3 Å². The van der Waals surface area contributed by atoms with Gasteiger partial charge in [0.2, 0.25) is 0 Å². The van der Waals surface area contributed by atoms with Crippen LogP contribution in [0.25, 0.3) is 22.2 Å². The standard InChI is InChI=1S/C27H29N7O2S/c1-18(2)32-37(35,36)34(29)22-10-8-20(9-11-22)27-24(17-28)23-12-7-19(16-26-30-13-4-14-31-26)15-25(23)33(27)21-5-3-6-21/h4,7-15,18,21,32H,3,5-6,16,29H2,1-2H3. The highest BCUT2D eigenvalue weighted by atomic mass is 32.2. The van der Waals surface area contributed by atoms with Gasteiger partial charge in [-0.1, -0.05) is 24.3 Å². The molecule has 0 unspecified atom stereocenters. The summed E-state index contributed by atoms with van der Waals surface area (Å²) in [7, 11) is -3.88. The van der Waals surface area contributed by atoms with Crippen LogP contribution >= 0.6 is 0 Å². The smallest absolute Gasteiger partial charge is 0.315 e. The van der Waals surface area contributed by atoms with Gasteiger partial charge in [0.15, 0.2) is 0 Å². The Labute approximate surface area is 216 Å². The third-order valence-corrected chi connectivity index (χ3v) is 8.14. The van der Waals surface area contributed by atoms with Gasteiger partial charge in [0, 0.05) is 36.3 Å². The molecular weight excluding hydrogens is 486 g/mol. The van der Waals surface area contributed by atoms with Crippen molar-refractivity contribution in [2.75, 3.05) is 4.41 Å². The predicted molar refractivity (Wildman–Crippen MR) is 144 cm³/mol. The molecule has 9 nitrogen and oxygen atoms in total. The van der Waals surface area contributed by atoms with Crippen LogP contribution in [0.4, 0.5) is 5.69 Å². The number of anilines is 1. The van der Waals surface area contributed by atoms with Gasteiger partial charge in [-0.2, -0.15) is 22.8 Å². The number of hydrogen-bond donors (Lipinski definition) is 2. The Kier molecular flexibility index (Phi) is 6.69. The Bertz CT molecular complexity index is 1570. The van der Waals surface area contributed by atoms with E-state index in [1.54, 1.807) is 44.4 Å². The molecule has 190 valence electrons. The van der Waals surface area contributed by atoms with E-state index in [0.717, 1.165) is 57.2 Å². The van der Waals surface area contributed by atoms with Crippen LogP contribution in [0.3, 0.4) is 0 Å². The zero-order valence-electron chi connectivity index (χ0n) is 20.8. The summed E-state index contributed by atoms with van der Waals surface area (Å²) in [6.45, 7) is 3.46. The summed E-state index contributed by atoms with van der Waals surface area (Å²) in [4.78, 5) is 8.70. The topological polar surface area (TPSA) is 130 Å². The van der Waals surface area contributed by atoms with Crippen molar-refractivity contribution in [3.05, 3.63) is 77.9 Å². The molecule has 2 heterocycles. The van der Waals surface area contributed by atoms with E-state index in [-0.39, 0.29) is 6.04 Å². The van der Waals surface area contributed by atoms with E-state index < -0.39 is 10.2 Å². The second kappa shape index (κ2) is 9.94. The Balaban J connectivity index is 1.58. The monoisotopic (exact) mass is 515 g/mol. The first-order chi connectivity index (χ1) is 17.8. The Hall–Kier alpha value is -3.78. The lowest BCUT2D eigenvalue weighted by atomic mass is 9.92. The molecule has 4 aromatic rings. The third-order valence-electron chi connectivity index (χ3n) is 6.64. The molecular formula is C27H29N7O2S. The summed E-state index contributed by atoms with van der Waals surface area (Å²) in [5.41, 5.74) is 4.69. The van der Waals surface area contributed by atoms with Gasteiger partial charge < -0.3 is 4.57 Å². The van der Waals surface area contributed by atoms with Gasteiger partial charge in [0.1, 0.15) is 11.9 Å². The highest BCUT2D eigenvalue weighted by Crippen LogP contribution is 2.43. The molecule has 1 aliphatic rings. The summed E-state index contributed by atoms with van der Waals surface area (Å²) in [6.07, 6.45) is 7.30. The van der Waals surface area contributed by atoms with Crippen LogP contribution in [0, 0.1) is 11.3 Å².